The first-order chi connectivity index (χ1) is 12.6. The summed E-state index contributed by atoms with van der Waals surface area (Å²) >= 11 is 0. The Morgan fingerprint density at radius 1 is 0.846 bits per heavy atom. The van der Waals surface area contributed by atoms with Gasteiger partial charge >= 0.3 is 0 Å². The predicted molar refractivity (Wildman–Crippen MR) is 100 cm³/mol. The lowest BCUT2D eigenvalue weighted by atomic mass is 10.2. The summed E-state index contributed by atoms with van der Waals surface area (Å²) in [4.78, 5) is -0.231. The number of hydrogen-bond acceptors (Lipinski definition) is 4. The molecule has 4 nitrogen and oxygen atoms in total. The highest BCUT2D eigenvalue weighted by molar-refractivity contribution is 7.95. The SMILES string of the molecule is N#C/C(=C\c1cccc(Oc2ccccc2)c1)S(=O)(=O)c1ccccc1. The molecular weight excluding hydrogens is 346 g/mol. The lowest BCUT2D eigenvalue weighted by Gasteiger charge is -2.07. The minimum atomic E-state index is -3.86. The van der Waals surface area contributed by atoms with Gasteiger partial charge in [-0.2, -0.15) is 5.26 Å². The molecule has 0 fully saturated rings. The molecule has 0 bridgehead atoms. The van der Waals surface area contributed by atoms with Crippen molar-refractivity contribution in [2.45, 2.75) is 4.90 Å². The average molecular weight is 361 g/mol. The van der Waals surface area contributed by atoms with E-state index in [0.29, 0.717) is 17.1 Å². The number of allylic oxidation sites excluding steroid dienone is 1. The minimum Gasteiger partial charge on any atom is -0.457 e. The fourth-order valence-electron chi connectivity index (χ4n) is 2.34. The zero-order valence-electron chi connectivity index (χ0n) is 13.7. The standard InChI is InChI=1S/C21H15NO3S/c22-16-21(26(23,24)20-12-5-2-6-13-20)15-17-8-7-11-19(14-17)25-18-9-3-1-4-10-18/h1-15H/b21-15+. The molecule has 0 aliphatic heterocycles. The molecule has 26 heavy (non-hydrogen) atoms. The molecule has 3 rings (SSSR count). The Morgan fingerprint density at radius 3 is 2.12 bits per heavy atom. The monoisotopic (exact) mass is 361 g/mol. The van der Waals surface area contributed by atoms with E-state index in [4.69, 9.17) is 4.74 Å². The van der Waals surface area contributed by atoms with Crippen LogP contribution < -0.4 is 4.74 Å². The van der Waals surface area contributed by atoms with Gasteiger partial charge in [-0.3, -0.25) is 0 Å². The Hall–Kier alpha value is -3.36. The van der Waals surface area contributed by atoms with Crippen molar-refractivity contribution in [1.29, 1.82) is 5.26 Å². The highest BCUT2D eigenvalue weighted by Crippen LogP contribution is 2.25. The van der Waals surface area contributed by atoms with Crippen LogP contribution in [0.4, 0.5) is 0 Å². The van der Waals surface area contributed by atoms with E-state index in [0.717, 1.165) is 0 Å². The lowest BCUT2D eigenvalue weighted by molar-refractivity contribution is 0.482. The first-order valence-corrected chi connectivity index (χ1v) is 9.33. The van der Waals surface area contributed by atoms with E-state index in [1.807, 2.05) is 30.3 Å². The summed E-state index contributed by atoms with van der Waals surface area (Å²) < 4.78 is 31.0. The molecule has 0 aliphatic carbocycles. The summed E-state index contributed by atoms with van der Waals surface area (Å²) in [7, 11) is -3.86. The van der Waals surface area contributed by atoms with E-state index >= 15 is 0 Å². The van der Waals surface area contributed by atoms with E-state index in [1.54, 1.807) is 48.5 Å². The Balaban J connectivity index is 1.93. The maximum atomic E-state index is 12.6. The third-order valence-electron chi connectivity index (χ3n) is 3.59. The van der Waals surface area contributed by atoms with Crippen molar-refractivity contribution in [3.05, 3.63) is 95.4 Å². The van der Waals surface area contributed by atoms with Crippen LogP contribution in [0, 0.1) is 11.3 Å². The molecule has 3 aromatic rings. The van der Waals surface area contributed by atoms with Crippen LogP contribution >= 0.6 is 0 Å². The van der Waals surface area contributed by atoms with Crippen molar-refractivity contribution >= 4 is 15.9 Å². The highest BCUT2D eigenvalue weighted by atomic mass is 32.2. The molecule has 128 valence electrons. The second-order valence-electron chi connectivity index (χ2n) is 5.42. The van der Waals surface area contributed by atoms with Crippen molar-refractivity contribution in [2.75, 3.05) is 0 Å². The van der Waals surface area contributed by atoms with Gasteiger partial charge in [0.2, 0.25) is 9.84 Å². The summed E-state index contributed by atoms with van der Waals surface area (Å²) in [5, 5.41) is 9.36. The van der Waals surface area contributed by atoms with Crippen LogP contribution in [0.25, 0.3) is 6.08 Å². The van der Waals surface area contributed by atoms with Crippen molar-refractivity contribution in [3.63, 3.8) is 0 Å². The maximum Gasteiger partial charge on any atom is 0.216 e. The summed E-state index contributed by atoms with van der Waals surface area (Å²) in [6.07, 6.45) is 1.35. The van der Waals surface area contributed by atoms with Crippen molar-refractivity contribution in [3.8, 4) is 17.6 Å². The van der Waals surface area contributed by atoms with Gasteiger partial charge in [0.1, 0.15) is 22.5 Å². The van der Waals surface area contributed by atoms with E-state index in [2.05, 4.69) is 0 Å². The maximum absolute atomic E-state index is 12.6. The number of hydrogen-bond donors (Lipinski definition) is 0. The molecule has 0 heterocycles. The van der Waals surface area contributed by atoms with E-state index in [9.17, 15) is 13.7 Å². The summed E-state index contributed by atoms with van der Waals surface area (Å²) in [5.74, 6) is 1.23. The third kappa shape index (κ3) is 4.00. The van der Waals surface area contributed by atoms with E-state index < -0.39 is 9.84 Å². The number of para-hydroxylation sites is 1. The molecular formula is C21H15NO3S. The Labute approximate surface area is 152 Å². The molecule has 3 aromatic carbocycles. The largest absolute Gasteiger partial charge is 0.457 e. The van der Waals surface area contributed by atoms with Crippen LogP contribution in [0.3, 0.4) is 0 Å². The van der Waals surface area contributed by atoms with Gasteiger partial charge in [0.15, 0.2) is 0 Å². The zero-order chi connectivity index (χ0) is 18.4. The van der Waals surface area contributed by atoms with Gasteiger partial charge in [0.25, 0.3) is 0 Å². The second kappa shape index (κ2) is 7.68. The molecule has 0 saturated carbocycles. The topological polar surface area (TPSA) is 67.2 Å². The summed E-state index contributed by atoms with van der Waals surface area (Å²) in [6, 6.07) is 25.9. The van der Waals surface area contributed by atoms with Crippen LogP contribution in [0.15, 0.2) is 94.7 Å². The predicted octanol–water partition coefficient (Wildman–Crippen LogP) is 4.82. The third-order valence-corrected chi connectivity index (χ3v) is 5.27. The molecule has 0 N–H and O–H groups in total. The fourth-order valence-corrected chi connectivity index (χ4v) is 3.52. The van der Waals surface area contributed by atoms with Crippen molar-refractivity contribution in [2.24, 2.45) is 0 Å². The Bertz CT molecular complexity index is 1070. The molecule has 0 atom stereocenters. The molecule has 0 aromatic heterocycles. The number of rotatable bonds is 5. The first-order valence-electron chi connectivity index (χ1n) is 7.84. The molecule has 0 amide bonds. The van der Waals surface area contributed by atoms with Gasteiger partial charge < -0.3 is 4.74 Å². The first kappa shape index (κ1) is 17.5. The molecule has 0 saturated heterocycles. The fraction of sp³-hybridized carbons (Fsp3) is 0. The van der Waals surface area contributed by atoms with E-state index in [-0.39, 0.29) is 9.80 Å². The molecule has 5 heteroatoms. The average Bonchev–Trinajstić information content (AvgIpc) is 2.68. The summed E-state index contributed by atoms with van der Waals surface area (Å²) in [6.45, 7) is 0. The van der Waals surface area contributed by atoms with E-state index in [1.165, 1.54) is 18.2 Å². The van der Waals surface area contributed by atoms with Gasteiger partial charge in [-0.15, -0.1) is 0 Å². The second-order valence-corrected chi connectivity index (χ2v) is 7.34. The van der Waals surface area contributed by atoms with Crippen LogP contribution in [0.5, 0.6) is 11.5 Å². The van der Waals surface area contributed by atoms with Gasteiger partial charge in [0, 0.05) is 0 Å². The van der Waals surface area contributed by atoms with Crippen molar-refractivity contribution < 1.29 is 13.2 Å². The van der Waals surface area contributed by atoms with Gasteiger partial charge in [-0.1, -0.05) is 48.5 Å². The number of benzene rings is 3. The Morgan fingerprint density at radius 2 is 1.46 bits per heavy atom. The molecule has 0 spiro atoms. The van der Waals surface area contributed by atoms with Crippen LogP contribution in [0.2, 0.25) is 0 Å². The van der Waals surface area contributed by atoms with Crippen molar-refractivity contribution in [1.82, 2.24) is 0 Å². The normalized spacial score (nSPS) is 11.6. The van der Waals surface area contributed by atoms with Crippen LogP contribution in [-0.2, 0) is 9.84 Å². The number of sulfone groups is 1. The van der Waals surface area contributed by atoms with Gasteiger partial charge in [-0.05, 0) is 48.0 Å². The number of nitrogens with zero attached hydrogens (tertiary/aromatic N) is 1. The molecule has 0 unspecified atom stereocenters. The highest BCUT2D eigenvalue weighted by Gasteiger charge is 2.20. The van der Waals surface area contributed by atoms with Crippen LogP contribution in [0.1, 0.15) is 5.56 Å². The van der Waals surface area contributed by atoms with Gasteiger partial charge in [0.05, 0.1) is 4.90 Å². The lowest BCUT2D eigenvalue weighted by Crippen LogP contribution is -2.03. The quantitative estimate of drug-likeness (QED) is 0.611. The zero-order valence-corrected chi connectivity index (χ0v) is 14.6. The molecule has 0 aliphatic rings. The summed E-state index contributed by atoms with van der Waals surface area (Å²) in [5.41, 5.74) is 0.564. The molecule has 0 radical (unpaired) electrons. The van der Waals surface area contributed by atoms with Gasteiger partial charge in [-0.25, -0.2) is 8.42 Å². The van der Waals surface area contributed by atoms with Crippen LogP contribution in [-0.4, -0.2) is 8.42 Å². The number of nitriles is 1. The Kier molecular flexibility index (Phi) is 5.16. The minimum absolute atomic E-state index is 0.0875. The smallest absolute Gasteiger partial charge is 0.216 e. The number of ether oxygens (including phenoxy) is 1.